The fraction of sp³-hybridized carbons (Fsp3) is 0.167. The van der Waals surface area contributed by atoms with Gasteiger partial charge in [-0.15, -0.1) is 0 Å². The molecule has 0 unspecified atom stereocenters. The Bertz CT molecular complexity index is 2130. The molecule has 0 amide bonds. The van der Waals surface area contributed by atoms with Gasteiger partial charge < -0.3 is 4.32 Å². The molecule has 17 heteroatoms. The highest BCUT2D eigenvalue weighted by molar-refractivity contribution is 7.80. The second-order valence-electron chi connectivity index (χ2n) is 12.6. The molecule has 0 aliphatic carbocycles. The lowest BCUT2D eigenvalue weighted by Gasteiger charge is -2.38. The van der Waals surface area contributed by atoms with Crippen LogP contribution >= 0.6 is 7.92 Å². The molecule has 0 radical (unpaired) electrons. The van der Waals surface area contributed by atoms with Crippen molar-refractivity contribution in [2.75, 3.05) is 0 Å². The Morgan fingerprint density at radius 3 is 0.774 bits per heavy atom. The van der Waals surface area contributed by atoms with Crippen LogP contribution in [0.4, 0.5) is 65.8 Å². The zero-order chi connectivity index (χ0) is 39.9. The Labute approximate surface area is 293 Å². The molecule has 0 nitrogen and oxygen atoms in total. The first-order valence-electron chi connectivity index (χ1n) is 15.2. The first-order valence-corrected chi connectivity index (χ1v) is 16.6. The molecular formula is C36H22BF15P-. The van der Waals surface area contributed by atoms with Crippen molar-refractivity contribution in [3.63, 3.8) is 0 Å². The van der Waals surface area contributed by atoms with Gasteiger partial charge >= 0.3 is 0 Å². The average Bonchev–Trinajstić information content (AvgIpc) is 3.06. The summed E-state index contributed by atoms with van der Waals surface area (Å²) in [6.45, 7) is 9.27. The molecule has 280 valence electrons. The fourth-order valence-electron chi connectivity index (χ4n) is 6.94. The monoisotopic (exact) mass is 781 g/mol. The van der Waals surface area contributed by atoms with E-state index in [-0.39, 0.29) is 10.6 Å². The molecule has 0 aliphatic rings. The minimum Gasteiger partial charge on any atom is -0.498 e. The fourth-order valence-corrected chi connectivity index (χ4v) is 9.87. The summed E-state index contributed by atoms with van der Waals surface area (Å²) in [5, 5.41) is -1.29. The third-order valence-corrected chi connectivity index (χ3v) is 12.0. The zero-order valence-electron chi connectivity index (χ0n) is 28.0. The minimum atomic E-state index is -6.92. The highest BCUT2D eigenvalue weighted by Crippen LogP contribution is 2.41. The van der Waals surface area contributed by atoms with Crippen molar-refractivity contribution in [2.24, 2.45) is 0 Å². The van der Waals surface area contributed by atoms with Crippen molar-refractivity contribution in [3.8, 4) is 0 Å². The van der Waals surface area contributed by atoms with Gasteiger partial charge in [-0.2, -0.15) is 0 Å². The summed E-state index contributed by atoms with van der Waals surface area (Å²) in [7, 11) is -2.82. The van der Waals surface area contributed by atoms with Crippen LogP contribution in [0.2, 0.25) is 0 Å². The van der Waals surface area contributed by atoms with Crippen molar-refractivity contribution in [1.29, 1.82) is 0 Å². The van der Waals surface area contributed by atoms with Crippen molar-refractivity contribution in [2.45, 2.75) is 41.5 Å². The summed E-state index contributed by atoms with van der Waals surface area (Å²) in [5.41, 5.74) is -6.88. The predicted octanol–water partition coefficient (Wildman–Crippen LogP) is 8.18. The maximum Gasteiger partial charge on any atom is 0.251 e. The van der Waals surface area contributed by atoms with Gasteiger partial charge in [0.15, 0.2) is 46.5 Å². The van der Waals surface area contributed by atoms with Crippen LogP contribution in [-0.2, 0) is 0 Å². The van der Waals surface area contributed by atoms with E-state index in [1.807, 2.05) is 0 Å². The zero-order valence-corrected chi connectivity index (χ0v) is 28.9. The average molecular weight is 781 g/mol. The van der Waals surface area contributed by atoms with E-state index in [1.54, 1.807) is 38.1 Å². The van der Waals surface area contributed by atoms with Gasteiger partial charge in [0.2, 0.25) is 0 Å². The Morgan fingerprint density at radius 2 is 0.528 bits per heavy atom. The molecule has 0 fully saturated rings. The molecule has 5 rings (SSSR count). The van der Waals surface area contributed by atoms with Crippen molar-refractivity contribution >= 4 is 46.6 Å². The highest BCUT2D eigenvalue weighted by Gasteiger charge is 2.49. The van der Waals surface area contributed by atoms with Gasteiger partial charge in [0, 0.05) is 0 Å². The molecule has 0 N–H and O–H groups in total. The van der Waals surface area contributed by atoms with Crippen LogP contribution in [0.15, 0.2) is 24.3 Å². The number of halogens is 15. The van der Waals surface area contributed by atoms with Crippen molar-refractivity contribution < 1.29 is 65.8 Å². The van der Waals surface area contributed by atoms with E-state index in [0.717, 1.165) is 0 Å². The van der Waals surface area contributed by atoms with Gasteiger partial charge in [0.1, 0.15) is 34.9 Å². The quantitative estimate of drug-likeness (QED) is 0.0537. The summed E-state index contributed by atoms with van der Waals surface area (Å²) in [6.07, 6.45) is -6.92. The van der Waals surface area contributed by atoms with Crippen LogP contribution in [-0.4, -0.2) is 6.42 Å². The van der Waals surface area contributed by atoms with E-state index in [9.17, 15) is 26.3 Å². The van der Waals surface area contributed by atoms with E-state index in [4.69, 9.17) is 0 Å². The third-order valence-electron chi connectivity index (χ3n) is 8.90. The molecule has 5 aromatic carbocycles. The smallest absolute Gasteiger partial charge is 0.251 e. The molecule has 0 saturated heterocycles. The topological polar surface area (TPSA) is 0 Å². The summed E-state index contributed by atoms with van der Waals surface area (Å²) in [6, 6.07) is 6.20. The van der Waals surface area contributed by atoms with Crippen molar-refractivity contribution in [1.82, 2.24) is 0 Å². The maximum absolute atomic E-state index is 17.6. The number of hydrogen-bond donors (Lipinski definition) is 0. The van der Waals surface area contributed by atoms with Crippen LogP contribution in [0.1, 0.15) is 33.4 Å². The van der Waals surface area contributed by atoms with E-state index in [0.29, 0.717) is 33.4 Å². The molecule has 0 aromatic heterocycles. The molecule has 0 bridgehead atoms. The molecule has 0 heterocycles. The van der Waals surface area contributed by atoms with E-state index >= 15 is 39.4 Å². The molecular weight excluding hydrogens is 759 g/mol. The second-order valence-corrected chi connectivity index (χ2v) is 14.6. The largest absolute Gasteiger partial charge is 0.498 e. The van der Waals surface area contributed by atoms with Crippen molar-refractivity contribution in [3.05, 3.63) is 139 Å². The van der Waals surface area contributed by atoms with E-state index in [1.165, 1.54) is 27.7 Å². The maximum atomic E-state index is 17.6. The minimum absolute atomic E-state index is 0.0987. The SMILES string of the molecule is Cc1cc(C)c(P(c2c(C)cc(C)cc2C)c2c(F)c(F)c([B-](F)(c3c(F)c(F)c(F)c(F)c3F)c3c(F)c(F)c(F)c(F)c3F)c(F)c2F)c(C)c1. The Morgan fingerprint density at radius 1 is 0.321 bits per heavy atom. The van der Waals surface area contributed by atoms with Crippen LogP contribution in [0.3, 0.4) is 0 Å². The number of aryl methyl sites for hydroxylation is 6. The lowest BCUT2D eigenvalue weighted by atomic mass is 9.30. The first-order chi connectivity index (χ1) is 24.5. The van der Waals surface area contributed by atoms with Gasteiger partial charge in [-0.1, -0.05) is 51.8 Å². The van der Waals surface area contributed by atoms with Gasteiger partial charge in [0.25, 0.3) is 6.42 Å². The van der Waals surface area contributed by atoms with E-state index in [2.05, 4.69) is 0 Å². The summed E-state index contributed by atoms with van der Waals surface area (Å²) >= 11 is 0. The molecule has 0 spiro atoms. The van der Waals surface area contributed by atoms with Crippen LogP contribution in [0.25, 0.3) is 0 Å². The lowest BCUT2D eigenvalue weighted by Crippen LogP contribution is -2.70. The lowest BCUT2D eigenvalue weighted by molar-refractivity contribution is 0.380. The summed E-state index contributed by atoms with van der Waals surface area (Å²) in [4.78, 5) is 0. The molecule has 0 atom stereocenters. The number of rotatable bonds is 6. The second kappa shape index (κ2) is 13.8. The normalized spacial score (nSPS) is 12.0. The number of hydrogen-bond acceptors (Lipinski definition) is 0. The molecule has 0 aliphatic heterocycles. The first kappa shape index (κ1) is 39.7. The summed E-state index contributed by atoms with van der Waals surface area (Å²) < 4.78 is 231. The van der Waals surface area contributed by atoms with Gasteiger partial charge in [0.05, 0.1) is 5.30 Å². The highest BCUT2D eigenvalue weighted by atomic mass is 31.1. The van der Waals surface area contributed by atoms with Gasteiger partial charge in [-0.25, -0.2) is 61.5 Å². The van der Waals surface area contributed by atoms with Crippen LogP contribution in [0, 0.1) is 123 Å². The van der Waals surface area contributed by atoms with E-state index < -0.39 is 117 Å². The Hall–Kier alpha value is -4.46. The number of benzene rings is 5. The summed E-state index contributed by atoms with van der Waals surface area (Å²) in [5.74, 6) is -43.4. The van der Waals surface area contributed by atoms with Gasteiger partial charge in [-0.3, -0.25) is 0 Å². The van der Waals surface area contributed by atoms with Crippen LogP contribution < -0.4 is 32.3 Å². The predicted molar refractivity (Wildman–Crippen MR) is 172 cm³/mol. The molecule has 53 heavy (non-hydrogen) atoms. The van der Waals surface area contributed by atoms with Crippen LogP contribution in [0.5, 0.6) is 0 Å². The Kier molecular flexibility index (Phi) is 10.3. The van der Waals surface area contributed by atoms with Gasteiger partial charge in [-0.05, 0) is 82.3 Å². The molecule has 0 saturated carbocycles. The molecule has 5 aromatic rings. The Balaban J connectivity index is 2.06. The standard InChI is InChI=1S/C36H22BF15P/c1-11-7-13(3)34(14(4)8-11)53(35-15(5)9-12(2)10-16(35)6)36-32(50)24(42)19(25(43)33(36)51)37(52,17-20(38)26(44)30(48)27(45)21(17)39)18-22(40)28(46)31(49)29(47)23(18)41/h7-10H,1-6H3/q-1. The third kappa shape index (κ3) is 5.88.